The maximum Gasteiger partial charge on any atom is 0.337 e. The molecule has 0 aliphatic rings. The molecule has 0 aromatic heterocycles. The van der Waals surface area contributed by atoms with Crippen LogP contribution in [0.15, 0.2) is 22.7 Å². The molecule has 0 fully saturated rings. The van der Waals surface area contributed by atoms with Crippen LogP contribution in [0.4, 0.5) is 0 Å². The molecule has 2 N–H and O–H groups in total. The molecule has 3 nitrogen and oxygen atoms in total. The van der Waals surface area contributed by atoms with E-state index in [1.807, 2.05) is 0 Å². The van der Waals surface area contributed by atoms with E-state index in [-0.39, 0.29) is 5.97 Å². The van der Waals surface area contributed by atoms with E-state index in [1.165, 1.54) is 7.11 Å². The summed E-state index contributed by atoms with van der Waals surface area (Å²) in [4.78, 5) is 11.1. The summed E-state index contributed by atoms with van der Waals surface area (Å²) >= 11 is 3.32. The summed E-state index contributed by atoms with van der Waals surface area (Å²) in [5, 5.41) is 0. The third-order valence-corrected chi connectivity index (χ3v) is 2.43. The minimum atomic E-state index is -0.343. The zero-order chi connectivity index (χ0) is 9.84. The minimum Gasteiger partial charge on any atom is -0.465 e. The fourth-order valence-electron chi connectivity index (χ4n) is 0.958. The van der Waals surface area contributed by atoms with Crippen molar-refractivity contribution in [3.63, 3.8) is 0 Å². The Labute approximate surface area is 85.0 Å². The van der Waals surface area contributed by atoms with Gasteiger partial charge in [-0.25, -0.2) is 4.79 Å². The predicted octanol–water partition coefficient (Wildman–Crippen LogP) is 1.69. The smallest absolute Gasteiger partial charge is 0.337 e. The van der Waals surface area contributed by atoms with Gasteiger partial charge in [-0.2, -0.15) is 0 Å². The van der Waals surface area contributed by atoms with Crippen LogP contribution in [0.2, 0.25) is 0 Å². The normalized spacial score (nSPS) is 9.77. The number of nitrogens with two attached hydrogens (primary N) is 1. The Bertz CT molecular complexity index is 325. The molecule has 0 atom stereocenters. The second kappa shape index (κ2) is 4.39. The van der Waals surface area contributed by atoms with Gasteiger partial charge in [0.1, 0.15) is 0 Å². The SMILES string of the molecule is COC(=O)c1ccc(CN)c(Br)c1. The third-order valence-electron chi connectivity index (χ3n) is 1.69. The molecule has 0 aliphatic carbocycles. The van der Waals surface area contributed by atoms with Gasteiger partial charge < -0.3 is 10.5 Å². The van der Waals surface area contributed by atoms with Crippen LogP contribution in [0.5, 0.6) is 0 Å². The summed E-state index contributed by atoms with van der Waals surface area (Å²) in [6, 6.07) is 5.20. The average Bonchev–Trinajstić information content (AvgIpc) is 2.16. The zero-order valence-corrected chi connectivity index (χ0v) is 8.80. The van der Waals surface area contributed by atoms with Crippen LogP contribution in [-0.4, -0.2) is 13.1 Å². The summed E-state index contributed by atoms with van der Waals surface area (Å²) in [5.74, 6) is -0.343. The van der Waals surface area contributed by atoms with Crippen molar-refractivity contribution in [3.05, 3.63) is 33.8 Å². The number of methoxy groups -OCH3 is 1. The lowest BCUT2D eigenvalue weighted by atomic mass is 10.1. The average molecular weight is 244 g/mol. The Morgan fingerprint density at radius 2 is 2.31 bits per heavy atom. The molecule has 13 heavy (non-hydrogen) atoms. The number of carbonyl (C=O) groups is 1. The van der Waals surface area contributed by atoms with Gasteiger partial charge in [-0.3, -0.25) is 0 Å². The lowest BCUT2D eigenvalue weighted by molar-refractivity contribution is 0.0600. The molecule has 4 heteroatoms. The molecule has 0 radical (unpaired) electrons. The molecule has 0 saturated heterocycles. The monoisotopic (exact) mass is 243 g/mol. The van der Waals surface area contributed by atoms with Crippen LogP contribution >= 0.6 is 15.9 Å². The summed E-state index contributed by atoms with van der Waals surface area (Å²) < 4.78 is 5.41. The van der Waals surface area contributed by atoms with E-state index in [0.29, 0.717) is 12.1 Å². The molecule has 1 aromatic rings. The van der Waals surface area contributed by atoms with Crippen molar-refractivity contribution >= 4 is 21.9 Å². The van der Waals surface area contributed by atoms with Gasteiger partial charge in [0, 0.05) is 11.0 Å². The summed E-state index contributed by atoms with van der Waals surface area (Å²) in [6.45, 7) is 0.446. The predicted molar refractivity (Wildman–Crippen MR) is 53.4 cm³/mol. The molecular weight excluding hydrogens is 234 g/mol. The van der Waals surface area contributed by atoms with Gasteiger partial charge in [-0.15, -0.1) is 0 Å². The van der Waals surface area contributed by atoms with E-state index in [0.717, 1.165) is 10.0 Å². The van der Waals surface area contributed by atoms with E-state index in [1.54, 1.807) is 18.2 Å². The molecule has 0 amide bonds. The van der Waals surface area contributed by atoms with Crippen LogP contribution in [0, 0.1) is 0 Å². The number of carbonyl (C=O) groups excluding carboxylic acids is 1. The van der Waals surface area contributed by atoms with Crippen LogP contribution in [0.25, 0.3) is 0 Å². The number of hydrogen-bond acceptors (Lipinski definition) is 3. The van der Waals surface area contributed by atoms with Crippen molar-refractivity contribution < 1.29 is 9.53 Å². The largest absolute Gasteiger partial charge is 0.465 e. The van der Waals surface area contributed by atoms with Crippen molar-refractivity contribution in [1.29, 1.82) is 0 Å². The Hall–Kier alpha value is -0.870. The van der Waals surface area contributed by atoms with Crippen LogP contribution in [0.3, 0.4) is 0 Å². The van der Waals surface area contributed by atoms with Gasteiger partial charge >= 0.3 is 5.97 Å². The molecule has 0 aliphatic heterocycles. The Kier molecular flexibility index (Phi) is 3.45. The molecule has 70 valence electrons. The summed E-state index contributed by atoms with van der Waals surface area (Å²) in [6.07, 6.45) is 0. The standard InChI is InChI=1S/C9H10BrNO2/c1-13-9(12)6-2-3-7(5-11)8(10)4-6/h2-4H,5,11H2,1H3. The lowest BCUT2D eigenvalue weighted by Crippen LogP contribution is -2.03. The molecule has 0 spiro atoms. The maximum absolute atomic E-state index is 11.1. The van der Waals surface area contributed by atoms with Gasteiger partial charge in [0.25, 0.3) is 0 Å². The van der Waals surface area contributed by atoms with Crippen LogP contribution in [-0.2, 0) is 11.3 Å². The van der Waals surface area contributed by atoms with E-state index < -0.39 is 0 Å². The Morgan fingerprint density at radius 1 is 1.62 bits per heavy atom. The van der Waals surface area contributed by atoms with Gasteiger partial charge in [0.2, 0.25) is 0 Å². The van der Waals surface area contributed by atoms with Gasteiger partial charge in [-0.1, -0.05) is 22.0 Å². The summed E-state index contributed by atoms with van der Waals surface area (Å²) in [5.41, 5.74) is 6.95. The first-order valence-corrected chi connectivity index (χ1v) is 4.55. The quantitative estimate of drug-likeness (QED) is 0.805. The van der Waals surface area contributed by atoms with Crippen LogP contribution < -0.4 is 5.73 Å². The zero-order valence-electron chi connectivity index (χ0n) is 7.21. The minimum absolute atomic E-state index is 0.343. The number of hydrogen-bond donors (Lipinski definition) is 1. The molecule has 0 unspecified atom stereocenters. The van der Waals surface area contributed by atoms with E-state index in [9.17, 15) is 4.79 Å². The van der Waals surface area contributed by atoms with Crippen LogP contribution in [0.1, 0.15) is 15.9 Å². The first-order valence-electron chi connectivity index (χ1n) is 3.76. The van der Waals surface area contributed by atoms with Crippen molar-refractivity contribution in [1.82, 2.24) is 0 Å². The Balaban J connectivity index is 3.02. The second-order valence-electron chi connectivity index (χ2n) is 2.50. The fraction of sp³-hybridized carbons (Fsp3) is 0.222. The van der Waals surface area contributed by atoms with Gasteiger partial charge in [-0.05, 0) is 17.7 Å². The van der Waals surface area contributed by atoms with Crippen molar-refractivity contribution in [3.8, 4) is 0 Å². The van der Waals surface area contributed by atoms with Gasteiger partial charge in [0.15, 0.2) is 0 Å². The molecule has 1 aromatic carbocycles. The van der Waals surface area contributed by atoms with E-state index in [4.69, 9.17) is 5.73 Å². The number of halogens is 1. The summed E-state index contributed by atoms with van der Waals surface area (Å²) in [7, 11) is 1.35. The Morgan fingerprint density at radius 3 is 2.77 bits per heavy atom. The maximum atomic E-state index is 11.1. The highest BCUT2D eigenvalue weighted by molar-refractivity contribution is 9.10. The molecule has 1 rings (SSSR count). The van der Waals surface area contributed by atoms with Crippen molar-refractivity contribution in [2.75, 3.05) is 7.11 Å². The highest BCUT2D eigenvalue weighted by Gasteiger charge is 2.06. The van der Waals surface area contributed by atoms with E-state index in [2.05, 4.69) is 20.7 Å². The topological polar surface area (TPSA) is 52.3 Å². The van der Waals surface area contributed by atoms with E-state index >= 15 is 0 Å². The van der Waals surface area contributed by atoms with Gasteiger partial charge in [0.05, 0.1) is 12.7 Å². The first-order chi connectivity index (χ1) is 6.19. The molecular formula is C9H10BrNO2. The number of rotatable bonds is 2. The lowest BCUT2D eigenvalue weighted by Gasteiger charge is -2.03. The molecule has 0 bridgehead atoms. The highest BCUT2D eigenvalue weighted by atomic mass is 79.9. The first kappa shape index (κ1) is 10.2. The van der Waals surface area contributed by atoms with Crippen molar-refractivity contribution in [2.24, 2.45) is 5.73 Å². The fourth-order valence-corrected chi connectivity index (χ4v) is 1.50. The number of benzene rings is 1. The highest BCUT2D eigenvalue weighted by Crippen LogP contribution is 2.18. The second-order valence-corrected chi connectivity index (χ2v) is 3.36. The molecule has 0 saturated carbocycles. The number of esters is 1. The third kappa shape index (κ3) is 2.29. The number of ether oxygens (including phenoxy) is 1. The van der Waals surface area contributed by atoms with Crippen molar-refractivity contribution in [2.45, 2.75) is 6.54 Å². The molecule has 0 heterocycles.